The minimum atomic E-state index is -0.583. The van der Waals surface area contributed by atoms with Gasteiger partial charge in [0.25, 0.3) is 5.69 Å². The van der Waals surface area contributed by atoms with Crippen molar-refractivity contribution in [2.24, 2.45) is 0 Å². The van der Waals surface area contributed by atoms with Crippen molar-refractivity contribution in [3.05, 3.63) is 38.9 Å². The summed E-state index contributed by atoms with van der Waals surface area (Å²) < 4.78 is 4.42. The topological polar surface area (TPSA) is 98.5 Å². The monoisotopic (exact) mass is 280 g/mol. The lowest BCUT2D eigenvalue weighted by atomic mass is 9.98. The number of nitro groups is 1. The second-order valence-corrected chi connectivity index (χ2v) is 4.26. The smallest absolute Gasteiger partial charge is 0.319 e. The fourth-order valence-electron chi connectivity index (χ4n) is 1.74. The summed E-state index contributed by atoms with van der Waals surface area (Å²) in [5.74, 6) is -0.935. The van der Waals surface area contributed by atoms with Crippen LogP contribution in [0.1, 0.15) is 21.5 Å². The Balaban J connectivity index is 2.94. The van der Waals surface area contributed by atoms with Gasteiger partial charge in [-0.05, 0) is 25.0 Å². The maximum atomic E-state index is 12.1. The lowest BCUT2D eigenvalue weighted by molar-refractivity contribution is -0.385. The Morgan fingerprint density at radius 2 is 1.95 bits per heavy atom. The molecule has 1 aromatic carbocycles. The normalized spacial score (nSPS) is 10.2. The number of carbonyl (C=O) groups excluding carboxylic acids is 2. The van der Waals surface area contributed by atoms with E-state index >= 15 is 0 Å². The second-order valence-electron chi connectivity index (χ2n) is 4.26. The van der Waals surface area contributed by atoms with Crippen LogP contribution in [0.2, 0.25) is 0 Å². The number of hydrogen-bond donors (Lipinski definition) is 1. The first-order chi connectivity index (χ1) is 9.38. The molecule has 0 fully saturated rings. The first kappa shape index (κ1) is 15.8. The van der Waals surface area contributed by atoms with Crippen LogP contribution >= 0.6 is 0 Å². The molecule has 0 heterocycles. The van der Waals surface area contributed by atoms with Gasteiger partial charge in [0.05, 0.1) is 30.7 Å². The zero-order valence-electron chi connectivity index (χ0n) is 11.6. The van der Waals surface area contributed by atoms with Gasteiger partial charge in [0.15, 0.2) is 5.78 Å². The third-order valence-corrected chi connectivity index (χ3v) is 2.97. The van der Waals surface area contributed by atoms with E-state index in [0.717, 1.165) is 5.56 Å². The number of rotatable bonds is 6. The summed E-state index contributed by atoms with van der Waals surface area (Å²) in [6, 6.07) is 2.92. The Bertz CT molecular complexity index is 554. The van der Waals surface area contributed by atoms with Crippen LogP contribution in [0.5, 0.6) is 0 Å². The quantitative estimate of drug-likeness (QED) is 0.363. The molecule has 0 aliphatic rings. The SMILES string of the molecule is COC(=O)CNCC(=O)c1c([N+](=O)[O-])ccc(C)c1C. The van der Waals surface area contributed by atoms with Gasteiger partial charge in [-0.3, -0.25) is 25.0 Å². The summed E-state index contributed by atoms with van der Waals surface area (Å²) in [5, 5.41) is 13.6. The van der Waals surface area contributed by atoms with Crippen molar-refractivity contribution < 1.29 is 19.2 Å². The minimum absolute atomic E-state index is 0.0763. The van der Waals surface area contributed by atoms with Gasteiger partial charge in [0, 0.05) is 6.07 Å². The Morgan fingerprint density at radius 1 is 1.30 bits per heavy atom. The lowest BCUT2D eigenvalue weighted by Crippen LogP contribution is -2.30. The average Bonchev–Trinajstić information content (AvgIpc) is 2.40. The summed E-state index contributed by atoms with van der Waals surface area (Å²) in [5.41, 5.74) is 1.22. The van der Waals surface area contributed by atoms with E-state index < -0.39 is 16.7 Å². The molecule has 20 heavy (non-hydrogen) atoms. The van der Waals surface area contributed by atoms with E-state index in [1.54, 1.807) is 19.9 Å². The van der Waals surface area contributed by atoms with Crippen LogP contribution in [0.4, 0.5) is 5.69 Å². The number of benzene rings is 1. The van der Waals surface area contributed by atoms with Crippen LogP contribution in [0.15, 0.2) is 12.1 Å². The minimum Gasteiger partial charge on any atom is -0.468 e. The zero-order chi connectivity index (χ0) is 15.3. The molecular formula is C13H16N2O5. The molecule has 0 aliphatic heterocycles. The molecule has 0 bridgehead atoms. The van der Waals surface area contributed by atoms with Crippen LogP contribution in [0, 0.1) is 24.0 Å². The van der Waals surface area contributed by atoms with Crippen LogP contribution in [0.3, 0.4) is 0 Å². The molecule has 7 nitrogen and oxygen atoms in total. The summed E-state index contributed by atoms with van der Waals surface area (Å²) in [7, 11) is 1.24. The molecule has 0 saturated carbocycles. The van der Waals surface area contributed by atoms with Crippen molar-refractivity contribution in [3.63, 3.8) is 0 Å². The van der Waals surface area contributed by atoms with Crippen LogP contribution in [0.25, 0.3) is 0 Å². The first-order valence-corrected chi connectivity index (χ1v) is 5.93. The Labute approximate surface area is 116 Å². The highest BCUT2D eigenvalue weighted by Crippen LogP contribution is 2.24. The van der Waals surface area contributed by atoms with Crippen molar-refractivity contribution in [3.8, 4) is 0 Å². The third kappa shape index (κ3) is 3.61. The fraction of sp³-hybridized carbons (Fsp3) is 0.385. The van der Waals surface area contributed by atoms with E-state index in [1.807, 2.05) is 0 Å². The highest BCUT2D eigenvalue weighted by molar-refractivity contribution is 6.03. The van der Waals surface area contributed by atoms with E-state index in [0.29, 0.717) is 5.56 Å². The average molecular weight is 280 g/mol. The lowest BCUT2D eigenvalue weighted by Gasteiger charge is -2.09. The number of Topliss-reactive ketones (excluding diaryl/α,β-unsaturated/α-hetero) is 1. The standard InChI is InChI=1S/C13H16N2O5/c1-8-4-5-10(15(18)19)13(9(8)2)11(16)6-14-7-12(17)20-3/h4-5,14H,6-7H2,1-3H3. The van der Waals surface area contributed by atoms with E-state index in [4.69, 9.17) is 0 Å². The van der Waals surface area contributed by atoms with E-state index in [9.17, 15) is 19.7 Å². The van der Waals surface area contributed by atoms with Crippen LogP contribution < -0.4 is 5.32 Å². The molecule has 0 aromatic heterocycles. The van der Waals surface area contributed by atoms with Gasteiger partial charge in [0.2, 0.25) is 0 Å². The third-order valence-electron chi connectivity index (χ3n) is 2.97. The highest BCUT2D eigenvalue weighted by Gasteiger charge is 2.23. The molecule has 0 saturated heterocycles. The number of carbonyl (C=O) groups is 2. The van der Waals surface area contributed by atoms with Crippen molar-refractivity contribution >= 4 is 17.4 Å². The van der Waals surface area contributed by atoms with E-state index in [1.165, 1.54) is 13.2 Å². The Hall–Kier alpha value is -2.28. The molecule has 0 spiro atoms. The van der Waals surface area contributed by atoms with Gasteiger partial charge in [-0.15, -0.1) is 0 Å². The number of ketones is 1. The largest absolute Gasteiger partial charge is 0.468 e. The highest BCUT2D eigenvalue weighted by atomic mass is 16.6. The number of methoxy groups -OCH3 is 1. The number of aryl methyl sites for hydroxylation is 1. The zero-order valence-corrected chi connectivity index (χ0v) is 11.6. The molecule has 0 unspecified atom stereocenters. The maximum absolute atomic E-state index is 12.1. The number of esters is 1. The van der Waals surface area contributed by atoms with Gasteiger partial charge < -0.3 is 4.74 Å². The molecule has 108 valence electrons. The van der Waals surface area contributed by atoms with Crippen LogP contribution in [-0.2, 0) is 9.53 Å². The molecule has 1 aromatic rings. The molecule has 0 radical (unpaired) electrons. The van der Waals surface area contributed by atoms with E-state index in [-0.39, 0.29) is 24.3 Å². The number of ether oxygens (including phenoxy) is 1. The Morgan fingerprint density at radius 3 is 2.50 bits per heavy atom. The van der Waals surface area contributed by atoms with Gasteiger partial charge in [0.1, 0.15) is 0 Å². The van der Waals surface area contributed by atoms with Gasteiger partial charge in [-0.2, -0.15) is 0 Å². The fourth-order valence-corrected chi connectivity index (χ4v) is 1.74. The summed E-state index contributed by atoms with van der Waals surface area (Å²) >= 11 is 0. The molecule has 0 atom stereocenters. The number of nitro benzene ring substituents is 1. The summed E-state index contributed by atoms with van der Waals surface area (Å²) in [4.78, 5) is 33.4. The maximum Gasteiger partial charge on any atom is 0.319 e. The molecule has 1 rings (SSSR count). The van der Waals surface area contributed by atoms with Crippen LogP contribution in [-0.4, -0.2) is 36.9 Å². The number of nitrogens with zero attached hydrogens (tertiary/aromatic N) is 1. The van der Waals surface area contributed by atoms with Gasteiger partial charge in [-0.1, -0.05) is 6.07 Å². The Kier molecular flexibility index (Phi) is 5.33. The van der Waals surface area contributed by atoms with Gasteiger partial charge in [-0.25, -0.2) is 0 Å². The number of nitrogens with one attached hydrogen (secondary N) is 1. The number of hydrogen-bond acceptors (Lipinski definition) is 6. The van der Waals surface area contributed by atoms with Crippen molar-refractivity contribution in [1.29, 1.82) is 0 Å². The summed E-state index contributed by atoms with van der Waals surface area (Å²) in [6.45, 7) is 3.15. The molecular weight excluding hydrogens is 264 g/mol. The predicted molar refractivity (Wildman–Crippen MR) is 71.8 cm³/mol. The van der Waals surface area contributed by atoms with Gasteiger partial charge >= 0.3 is 5.97 Å². The van der Waals surface area contributed by atoms with Crippen molar-refractivity contribution in [2.75, 3.05) is 20.2 Å². The second kappa shape index (κ2) is 6.76. The van der Waals surface area contributed by atoms with E-state index in [2.05, 4.69) is 10.1 Å². The van der Waals surface area contributed by atoms with Crippen molar-refractivity contribution in [1.82, 2.24) is 5.32 Å². The molecule has 7 heteroatoms. The first-order valence-electron chi connectivity index (χ1n) is 5.93. The molecule has 0 amide bonds. The molecule has 0 aliphatic carbocycles. The molecule has 1 N–H and O–H groups in total. The van der Waals surface area contributed by atoms with Crippen molar-refractivity contribution in [2.45, 2.75) is 13.8 Å². The summed E-state index contributed by atoms with van der Waals surface area (Å²) in [6.07, 6.45) is 0. The predicted octanol–water partition coefficient (Wildman–Crippen LogP) is 1.16.